The lowest BCUT2D eigenvalue weighted by Crippen LogP contribution is -2.41. The van der Waals surface area contributed by atoms with E-state index in [2.05, 4.69) is 17.2 Å². The molecule has 0 aliphatic heterocycles. The average molecular weight is 547 g/mol. The summed E-state index contributed by atoms with van der Waals surface area (Å²) in [6.45, 7) is 2.37. The fraction of sp³-hybridized carbons (Fsp3) is 0.308. The van der Waals surface area contributed by atoms with Crippen molar-refractivity contribution in [2.24, 2.45) is 0 Å². The Hall–Kier alpha value is -3.40. The van der Waals surface area contributed by atoms with Gasteiger partial charge in [-0.3, -0.25) is 14.8 Å². The standard InChI is InChI=1S/C26H28Cl2N4O5/c1-2-3-4-23-29-14-22(32(23)15-16-5-7-17(8-6-16)26(35)36)25(34)30-20(13-24(33)31-37)11-18-9-10-19(27)12-21(18)28/h5-10,12,14,20,37H,2-4,11,13,15H2,1H3,(H,30,34)(H,31,33)(H,35,36). The van der Waals surface area contributed by atoms with Gasteiger partial charge in [0, 0.05) is 35.5 Å². The molecule has 1 aromatic heterocycles. The first-order chi connectivity index (χ1) is 17.7. The van der Waals surface area contributed by atoms with Gasteiger partial charge in [0.25, 0.3) is 5.91 Å². The van der Waals surface area contributed by atoms with Gasteiger partial charge in [-0.15, -0.1) is 0 Å². The number of unbranched alkanes of at least 4 members (excludes halogenated alkanes) is 1. The summed E-state index contributed by atoms with van der Waals surface area (Å²) in [4.78, 5) is 41.0. The molecule has 0 aliphatic rings. The van der Waals surface area contributed by atoms with E-state index in [1.807, 2.05) is 0 Å². The van der Waals surface area contributed by atoms with Crippen LogP contribution in [0.5, 0.6) is 0 Å². The number of imidazole rings is 1. The summed E-state index contributed by atoms with van der Waals surface area (Å²) in [5.41, 5.74) is 3.55. The summed E-state index contributed by atoms with van der Waals surface area (Å²) in [6.07, 6.45) is 4.02. The molecule has 0 saturated carbocycles. The number of hydrogen-bond acceptors (Lipinski definition) is 5. The van der Waals surface area contributed by atoms with Gasteiger partial charge in [-0.05, 0) is 48.2 Å². The van der Waals surface area contributed by atoms with Crippen LogP contribution in [0.2, 0.25) is 10.0 Å². The van der Waals surface area contributed by atoms with Crippen molar-refractivity contribution in [2.45, 2.75) is 51.6 Å². The predicted molar refractivity (Wildman–Crippen MR) is 139 cm³/mol. The highest BCUT2D eigenvalue weighted by molar-refractivity contribution is 6.35. The lowest BCUT2D eigenvalue weighted by Gasteiger charge is -2.20. The van der Waals surface area contributed by atoms with Crippen LogP contribution in [0.3, 0.4) is 0 Å². The van der Waals surface area contributed by atoms with Gasteiger partial charge in [0.2, 0.25) is 5.91 Å². The van der Waals surface area contributed by atoms with Crippen molar-refractivity contribution in [1.82, 2.24) is 20.3 Å². The molecule has 11 heteroatoms. The summed E-state index contributed by atoms with van der Waals surface area (Å²) in [5, 5.41) is 21.9. The van der Waals surface area contributed by atoms with Crippen LogP contribution in [0.1, 0.15) is 64.0 Å². The minimum atomic E-state index is -1.02. The van der Waals surface area contributed by atoms with Crippen LogP contribution in [-0.4, -0.2) is 43.7 Å². The molecule has 0 spiro atoms. The van der Waals surface area contributed by atoms with Gasteiger partial charge in [0.05, 0.1) is 11.8 Å². The Morgan fingerprint density at radius 1 is 1.11 bits per heavy atom. The summed E-state index contributed by atoms with van der Waals surface area (Å²) >= 11 is 12.3. The van der Waals surface area contributed by atoms with Crippen LogP contribution in [0, 0.1) is 0 Å². The summed E-state index contributed by atoms with van der Waals surface area (Å²) < 4.78 is 1.79. The molecule has 1 unspecified atom stereocenters. The molecule has 1 atom stereocenters. The van der Waals surface area contributed by atoms with E-state index in [4.69, 9.17) is 33.5 Å². The molecule has 1 heterocycles. The molecule has 9 nitrogen and oxygen atoms in total. The van der Waals surface area contributed by atoms with Crippen molar-refractivity contribution in [3.8, 4) is 0 Å². The number of amides is 2. The maximum absolute atomic E-state index is 13.4. The zero-order valence-electron chi connectivity index (χ0n) is 20.2. The van der Waals surface area contributed by atoms with Crippen molar-refractivity contribution in [3.63, 3.8) is 0 Å². The number of hydroxylamine groups is 1. The fourth-order valence-corrected chi connectivity index (χ4v) is 4.38. The monoisotopic (exact) mass is 546 g/mol. The van der Waals surface area contributed by atoms with E-state index in [-0.39, 0.29) is 18.4 Å². The Bertz CT molecular complexity index is 1260. The maximum atomic E-state index is 13.4. The summed E-state index contributed by atoms with van der Waals surface area (Å²) in [6, 6.07) is 10.7. The Labute approximate surface area is 224 Å². The van der Waals surface area contributed by atoms with Gasteiger partial charge >= 0.3 is 5.97 Å². The largest absolute Gasteiger partial charge is 0.478 e. The normalized spacial score (nSPS) is 11.7. The number of carbonyl (C=O) groups is 3. The quantitative estimate of drug-likeness (QED) is 0.195. The number of carboxylic acids is 1. The van der Waals surface area contributed by atoms with E-state index < -0.39 is 23.8 Å². The molecule has 2 aromatic carbocycles. The number of hydrogen-bond donors (Lipinski definition) is 4. The number of halogens is 2. The number of rotatable bonds is 12. The Morgan fingerprint density at radius 3 is 2.46 bits per heavy atom. The van der Waals surface area contributed by atoms with Crippen molar-refractivity contribution in [1.29, 1.82) is 0 Å². The zero-order valence-corrected chi connectivity index (χ0v) is 21.7. The molecule has 3 aromatic rings. The third-order valence-corrected chi connectivity index (χ3v) is 6.43. The number of nitrogens with one attached hydrogen (secondary N) is 2. The van der Waals surface area contributed by atoms with Crippen molar-refractivity contribution in [2.75, 3.05) is 0 Å². The lowest BCUT2D eigenvalue weighted by atomic mass is 10.0. The van der Waals surface area contributed by atoms with Gasteiger partial charge in [0.15, 0.2) is 0 Å². The minimum absolute atomic E-state index is 0.171. The molecule has 4 N–H and O–H groups in total. The number of aryl methyl sites for hydroxylation is 1. The Balaban J connectivity index is 1.87. The molecular weight excluding hydrogens is 519 g/mol. The van der Waals surface area contributed by atoms with Crippen LogP contribution < -0.4 is 10.8 Å². The van der Waals surface area contributed by atoms with Gasteiger partial charge < -0.3 is 15.0 Å². The number of carboxylic acid groups (broad SMARTS) is 1. The van der Waals surface area contributed by atoms with Crippen LogP contribution >= 0.6 is 23.2 Å². The first kappa shape index (κ1) is 28.2. The van der Waals surface area contributed by atoms with Crippen molar-refractivity contribution < 1.29 is 24.7 Å². The van der Waals surface area contributed by atoms with Gasteiger partial charge in [0.1, 0.15) is 11.5 Å². The molecule has 196 valence electrons. The first-order valence-electron chi connectivity index (χ1n) is 11.8. The highest BCUT2D eigenvalue weighted by Gasteiger charge is 2.23. The highest BCUT2D eigenvalue weighted by atomic mass is 35.5. The highest BCUT2D eigenvalue weighted by Crippen LogP contribution is 2.23. The molecule has 37 heavy (non-hydrogen) atoms. The van der Waals surface area contributed by atoms with Gasteiger partial charge in [-0.2, -0.15) is 0 Å². The third-order valence-electron chi connectivity index (χ3n) is 5.84. The average Bonchev–Trinajstić information content (AvgIpc) is 3.26. The summed E-state index contributed by atoms with van der Waals surface area (Å²) in [7, 11) is 0. The van der Waals surface area contributed by atoms with E-state index in [0.29, 0.717) is 34.3 Å². The molecule has 0 fully saturated rings. The van der Waals surface area contributed by atoms with Crippen LogP contribution in [-0.2, 0) is 24.2 Å². The zero-order chi connectivity index (χ0) is 26.9. The molecule has 0 aliphatic carbocycles. The third kappa shape index (κ3) is 7.79. The topological polar surface area (TPSA) is 134 Å². The van der Waals surface area contributed by atoms with E-state index in [1.165, 1.54) is 18.3 Å². The van der Waals surface area contributed by atoms with Crippen LogP contribution in [0.4, 0.5) is 0 Å². The molecular formula is C26H28Cl2N4O5. The SMILES string of the molecule is CCCCc1ncc(C(=O)NC(CC(=O)NO)Cc2ccc(Cl)cc2Cl)n1Cc1ccc(C(=O)O)cc1. The Kier molecular flexibility index (Phi) is 10.1. The smallest absolute Gasteiger partial charge is 0.335 e. The number of nitrogens with zero attached hydrogens (tertiary/aromatic N) is 2. The second-order valence-corrected chi connectivity index (χ2v) is 9.44. The van der Waals surface area contributed by atoms with E-state index >= 15 is 0 Å². The number of aromatic nitrogens is 2. The van der Waals surface area contributed by atoms with Crippen molar-refractivity contribution in [3.05, 3.63) is 86.9 Å². The van der Waals surface area contributed by atoms with E-state index in [9.17, 15) is 14.4 Å². The molecule has 3 rings (SSSR count). The second-order valence-electron chi connectivity index (χ2n) is 8.60. The minimum Gasteiger partial charge on any atom is -0.478 e. The van der Waals surface area contributed by atoms with Crippen LogP contribution in [0.15, 0.2) is 48.7 Å². The number of carbonyl (C=O) groups excluding carboxylic acids is 2. The van der Waals surface area contributed by atoms with Gasteiger partial charge in [-0.1, -0.05) is 54.7 Å². The second kappa shape index (κ2) is 13.2. The molecule has 2 amide bonds. The van der Waals surface area contributed by atoms with E-state index in [0.717, 1.165) is 24.2 Å². The molecule has 0 radical (unpaired) electrons. The molecule has 0 saturated heterocycles. The first-order valence-corrected chi connectivity index (χ1v) is 12.5. The Morgan fingerprint density at radius 2 is 1.84 bits per heavy atom. The maximum Gasteiger partial charge on any atom is 0.335 e. The number of benzene rings is 2. The number of aromatic carboxylic acids is 1. The van der Waals surface area contributed by atoms with E-state index in [1.54, 1.807) is 40.4 Å². The predicted octanol–water partition coefficient (Wildman–Crippen LogP) is 4.52. The van der Waals surface area contributed by atoms with Crippen LogP contribution in [0.25, 0.3) is 0 Å². The van der Waals surface area contributed by atoms with Crippen molar-refractivity contribution >= 4 is 41.0 Å². The lowest BCUT2D eigenvalue weighted by molar-refractivity contribution is -0.129. The van der Waals surface area contributed by atoms with Gasteiger partial charge in [-0.25, -0.2) is 15.3 Å². The molecule has 0 bridgehead atoms. The fourth-order valence-electron chi connectivity index (χ4n) is 3.90. The summed E-state index contributed by atoms with van der Waals surface area (Å²) in [5.74, 6) is -1.40.